The number of hydrogen-bond acceptors (Lipinski definition) is 4. The van der Waals surface area contributed by atoms with E-state index in [-0.39, 0.29) is 60.7 Å². The summed E-state index contributed by atoms with van der Waals surface area (Å²) in [5.74, 6) is -1.08. The number of carbonyl (C=O) groups excluding carboxylic acids is 2. The topological polar surface area (TPSA) is 80.3 Å². The zero-order valence-electron chi connectivity index (χ0n) is 20.1. The van der Waals surface area contributed by atoms with Crippen LogP contribution >= 0.6 is 0 Å². The normalized spacial score (nSPS) is 10.7. The van der Waals surface area contributed by atoms with Crippen LogP contribution in [0.4, 0.5) is 0 Å². The van der Waals surface area contributed by atoms with Crippen LogP contribution < -0.4 is 10.2 Å². The second-order valence-corrected chi connectivity index (χ2v) is 8.81. The largest absolute Gasteiger partial charge is 2.00 e. The molecule has 0 aliphatic rings. The van der Waals surface area contributed by atoms with Crippen LogP contribution in [0.3, 0.4) is 0 Å². The van der Waals surface area contributed by atoms with Gasteiger partial charge in [-0.2, -0.15) is 0 Å². The maximum Gasteiger partial charge on any atom is 2.00 e. The molecule has 164 valence electrons. The second-order valence-electron chi connectivity index (χ2n) is 8.81. The molecule has 2 aromatic carbocycles. The molecule has 0 aliphatic heterocycles. The number of benzene rings is 2. The molecule has 0 radical (unpaired) electrons. The predicted molar refractivity (Wildman–Crippen MR) is 124 cm³/mol. The van der Waals surface area contributed by atoms with Crippen molar-refractivity contribution in [3.63, 3.8) is 0 Å². The molecule has 0 spiro atoms. The van der Waals surface area contributed by atoms with Gasteiger partial charge < -0.3 is 19.8 Å². The molecule has 0 fully saturated rings. The minimum atomic E-state index is -1.08. The summed E-state index contributed by atoms with van der Waals surface area (Å²) in [6, 6.07) is 10.8. The van der Waals surface area contributed by atoms with Crippen LogP contribution in [0.5, 0.6) is 0 Å². The van der Waals surface area contributed by atoms with Crippen molar-refractivity contribution in [2.24, 2.45) is 0 Å². The Hall–Kier alpha value is -1.05. The number of carboxylic acid groups (broad SMARTS) is 2. The summed E-state index contributed by atoms with van der Waals surface area (Å²) in [4.78, 5) is 22.0. The SMILES string of the molecule is CC(C)c1cccc(C(=O)[O-])c1C(C)C.CC(C)c1cccc(C(=O)[O-])c1C(C)C.[Ba+2]. The fraction of sp³-hybridized carbons (Fsp3) is 0.462. The van der Waals surface area contributed by atoms with Crippen molar-refractivity contribution < 1.29 is 19.8 Å². The van der Waals surface area contributed by atoms with Gasteiger partial charge in [0.1, 0.15) is 0 Å². The molecule has 0 aliphatic carbocycles. The molecular weight excluding hydrogens is 514 g/mol. The maximum atomic E-state index is 11.0. The molecule has 0 saturated heterocycles. The van der Waals surface area contributed by atoms with Gasteiger partial charge in [-0.3, -0.25) is 0 Å². The Labute approximate surface area is 227 Å². The first-order valence-electron chi connectivity index (χ1n) is 10.6. The molecule has 0 atom stereocenters. The number of rotatable bonds is 6. The van der Waals surface area contributed by atoms with E-state index in [0.717, 1.165) is 22.3 Å². The van der Waals surface area contributed by atoms with E-state index >= 15 is 0 Å². The van der Waals surface area contributed by atoms with Gasteiger partial charge in [-0.05, 0) is 45.9 Å². The number of hydrogen-bond donors (Lipinski definition) is 0. The first-order valence-corrected chi connectivity index (χ1v) is 10.6. The Kier molecular flexibility index (Phi) is 13.0. The molecule has 0 heterocycles. The summed E-state index contributed by atoms with van der Waals surface area (Å²) >= 11 is 0. The van der Waals surface area contributed by atoms with E-state index in [0.29, 0.717) is 23.0 Å². The summed E-state index contributed by atoms with van der Waals surface area (Å²) < 4.78 is 0. The van der Waals surface area contributed by atoms with Gasteiger partial charge in [-0.25, -0.2) is 0 Å². The molecule has 5 heteroatoms. The van der Waals surface area contributed by atoms with E-state index in [9.17, 15) is 19.8 Å². The maximum absolute atomic E-state index is 11.0. The van der Waals surface area contributed by atoms with E-state index in [1.165, 1.54) is 0 Å². The van der Waals surface area contributed by atoms with Gasteiger partial charge >= 0.3 is 48.9 Å². The van der Waals surface area contributed by atoms with E-state index in [1.54, 1.807) is 24.3 Å². The molecule has 0 aromatic heterocycles. The van der Waals surface area contributed by atoms with Crippen molar-refractivity contribution in [1.29, 1.82) is 0 Å². The molecular formula is C26H34BaO4. The minimum absolute atomic E-state index is 0. The summed E-state index contributed by atoms with van der Waals surface area (Å²) in [6.07, 6.45) is 0. The van der Waals surface area contributed by atoms with Crippen LogP contribution in [-0.4, -0.2) is 60.8 Å². The van der Waals surface area contributed by atoms with Gasteiger partial charge in [0.05, 0.1) is 11.9 Å². The van der Waals surface area contributed by atoms with Crippen molar-refractivity contribution in [3.05, 3.63) is 69.8 Å². The monoisotopic (exact) mass is 548 g/mol. The number of aromatic carboxylic acids is 2. The molecule has 0 bridgehead atoms. The molecule has 0 N–H and O–H groups in total. The minimum Gasteiger partial charge on any atom is -0.545 e. The van der Waals surface area contributed by atoms with Crippen LogP contribution in [-0.2, 0) is 0 Å². The molecule has 2 rings (SSSR count). The quantitative estimate of drug-likeness (QED) is 0.508. The van der Waals surface area contributed by atoms with Crippen LogP contribution in [0.1, 0.15) is 122 Å². The van der Waals surface area contributed by atoms with Crippen molar-refractivity contribution >= 4 is 60.8 Å². The van der Waals surface area contributed by atoms with E-state index < -0.39 is 11.9 Å². The third-order valence-corrected chi connectivity index (χ3v) is 5.12. The van der Waals surface area contributed by atoms with Crippen molar-refractivity contribution in [2.75, 3.05) is 0 Å². The standard InChI is InChI=1S/2C13H18O2.Ba/c2*1-8(2)10-6-5-7-11(13(14)15)12(10)9(3)4;/h2*5-9H,1-4H3,(H,14,15);/q;;+2/p-2. The third-order valence-electron chi connectivity index (χ3n) is 5.12. The third kappa shape index (κ3) is 8.10. The number of carbonyl (C=O) groups is 2. The van der Waals surface area contributed by atoms with Crippen LogP contribution in [0, 0.1) is 0 Å². The van der Waals surface area contributed by atoms with Crippen molar-refractivity contribution in [1.82, 2.24) is 0 Å². The van der Waals surface area contributed by atoms with Crippen molar-refractivity contribution in [3.8, 4) is 0 Å². The first-order chi connectivity index (χ1) is 13.9. The average Bonchev–Trinajstić information content (AvgIpc) is 2.66. The van der Waals surface area contributed by atoms with E-state index in [4.69, 9.17) is 0 Å². The van der Waals surface area contributed by atoms with E-state index in [2.05, 4.69) is 27.7 Å². The van der Waals surface area contributed by atoms with E-state index in [1.807, 2.05) is 39.8 Å². The molecule has 0 amide bonds. The molecule has 0 saturated carbocycles. The van der Waals surface area contributed by atoms with Gasteiger partial charge in [-0.1, -0.05) is 91.8 Å². The Morgan fingerprint density at radius 2 is 0.871 bits per heavy atom. The van der Waals surface area contributed by atoms with Gasteiger partial charge in [-0.15, -0.1) is 0 Å². The van der Waals surface area contributed by atoms with Gasteiger partial charge in [0.25, 0.3) is 0 Å². The van der Waals surface area contributed by atoms with Crippen LogP contribution in [0.2, 0.25) is 0 Å². The average molecular weight is 548 g/mol. The van der Waals surface area contributed by atoms with Gasteiger partial charge in [0.15, 0.2) is 0 Å². The summed E-state index contributed by atoms with van der Waals surface area (Å²) in [5, 5.41) is 22.0. The Bertz CT molecular complexity index is 809. The van der Waals surface area contributed by atoms with Crippen molar-refractivity contribution in [2.45, 2.75) is 79.1 Å². The summed E-state index contributed by atoms with van der Waals surface area (Å²) in [7, 11) is 0. The predicted octanol–water partition coefficient (Wildman–Crippen LogP) is 4.21. The zero-order valence-corrected chi connectivity index (χ0v) is 24.6. The van der Waals surface area contributed by atoms with Gasteiger partial charge in [0.2, 0.25) is 0 Å². The number of carboxylic acids is 2. The Morgan fingerprint density at radius 1 is 0.581 bits per heavy atom. The molecule has 31 heavy (non-hydrogen) atoms. The molecule has 4 nitrogen and oxygen atoms in total. The Balaban J connectivity index is 0.000000562. The fourth-order valence-corrected chi connectivity index (χ4v) is 3.82. The zero-order chi connectivity index (χ0) is 23.2. The smallest absolute Gasteiger partial charge is 0.545 e. The fourth-order valence-electron chi connectivity index (χ4n) is 3.82. The summed E-state index contributed by atoms with van der Waals surface area (Å²) in [5.41, 5.74) is 4.69. The molecule has 2 aromatic rings. The van der Waals surface area contributed by atoms with Crippen LogP contribution in [0.25, 0.3) is 0 Å². The first kappa shape index (κ1) is 30.0. The Morgan fingerprint density at radius 3 is 1.06 bits per heavy atom. The molecule has 0 unspecified atom stereocenters. The van der Waals surface area contributed by atoms with Gasteiger partial charge in [0, 0.05) is 11.1 Å². The van der Waals surface area contributed by atoms with Crippen LogP contribution in [0.15, 0.2) is 36.4 Å². The second kappa shape index (κ2) is 13.5. The summed E-state index contributed by atoms with van der Waals surface area (Å²) in [6.45, 7) is 16.3.